The van der Waals surface area contributed by atoms with Gasteiger partial charge in [-0.15, -0.1) is 0 Å². The van der Waals surface area contributed by atoms with Crippen molar-refractivity contribution in [3.05, 3.63) is 75.1 Å². The first kappa shape index (κ1) is 13.3. The summed E-state index contributed by atoms with van der Waals surface area (Å²) >= 11 is 2.35. The molecule has 1 heterocycles. The van der Waals surface area contributed by atoms with Crippen molar-refractivity contribution in [1.82, 2.24) is 0 Å². The van der Waals surface area contributed by atoms with Gasteiger partial charge in [0.15, 0.2) is 0 Å². The van der Waals surface area contributed by atoms with E-state index < -0.39 is 0 Å². The predicted octanol–water partition coefficient (Wildman–Crippen LogP) is 5.26. The van der Waals surface area contributed by atoms with Crippen LogP contribution in [0, 0.1) is 15.3 Å². The summed E-state index contributed by atoms with van der Waals surface area (Å²) in [6.45, 7) is 0. The molecule has 0 bridgehead atoms. The van der Waals surface area contributed by atoms with Crippen LogP contribution < -0.4 is 5.32 Å². The fourth-order valence-electron chi connectivity index (χ4n) is 3.60. The van der Waals surface area contributed by atoms with Crippen LogP contribution in [-0.2, 0) is 0 Å². The third-order valence-corrected chi connectivity index (χ3v) is 5.24. The van der Waals surface area contributed by atoms with Gasteiger partial charge in [0.1, 0.15) is 5.82 Å². The van der Waals surface area contributed by atoms with Gasteiger partial charge in [-0.1, -0.05) is 30.4 Å². The number of hydrogen-bond acceptors (Lipinski definition) is 1. The van der Waals surface area contributed by atoms with Crippen molar-refractivity contribution in [2.45, 2.75) is 18.4 Å². The third kappa shape index (κ3) is 2.18. The van der Waals surface area contributed by atoms with Gasteiger partial charge in [-0.05, 0) is 64.8 Å². The molecule has 1 N–H and O–H groups in total. The van der Waals surface area contributed by atoms with Crippen molar-refractivity contribution in [2.75, 3.05) is 5.32 Å². The van der Waals surface area contributed by atoms with Gasteiger partial charge in [-0.3, -0.25) is 0 Å². The highest BCUT2D eigenvalue weighted by Crippen LogP contribution is 2.50. The lowest BCUT2D eigenvalue weighted by Gasteiger charge is -2.37. The topological polar surface area (TPSA) is 12.0 Å². The van der Waals surface area contributed by atoms with Crippen molar-refractivity contribution in [3.63, 3.8) is 0 Å². The Balaban J connectivity index is 1.82. The Bertz CT molecular complexity index is 725. The molecule has 2 aliphatic rings. The maximum absolute atomic E-state index is 14.2. The van der Waals surface area contributed by atoms with Crippen LogP contribution in [0.5, 0.6) is 0 Å². The van der Waals surface area contributed by atoms with E-state index in [9.17, 15) is 4.39 Å². The summed E-state index contributed by atoms with van der Waals surface area (Å²) in [6.07, 6.45) is 5.52. The molecule has 1 nitrogen and oxygen atoms in total. The Morgan fingerprint density at radius 3 is 2.81 bits per heavy atom. The number of anilines is 1. The summed E-state index contributed by atoms with van der Waals surface area (Å²) in [5, 5.41) is 3.57. The molecule has 3 atom stereocenters. The van der Waals surface area contributed by atoms with E-state index in [1.807, 2.05) is 12.1 Å². The zero-order valence-corrected chi connectivity index (χ0v) is 13.5. The van der Waals surface area contributed by atoms with Crippen LogP contribution in [0.1, 0.15) is 29.5 Å². The minimum absolute atomic E-state index is 0.0405. The van der Waals surface area contributed by atoms with Crippen LogP contribution >= 0.6 is 22.6 Å². The second-order valence-electron chi connectivity index (χ2n) is 5.73. The summed E-state index contributed by atoms with van der Waals surface area (Å²) in [7, 11) is 0. The highest BCUT2D eigenvalue weighted by molar-refractivity contribution is 14.1. The van der Waals surface area contributed by atoms with Gasteiger partial charge in [0.05, 0.1) is 6.04 Å². The Morgan fingerprint density at radius 1 is 1.10 bits per heavy atom. The highest BCUT2D eigenvalue weighted by atomic mass is 127. The van der Waals surface area contributed by atoms with Gasteiger partial charge in [-0.25, -0.2) is 4.39 Å². The van der Waals surface area contributed by atoms with Crippen molar-refractivity contribution >= 4 is 28.3 Å². The largest absolute Gasteiger partial charge is 0.378 e. The van der Waals surface area contributed by atoms with Gasteiger partial charge in [-0.2, -0.15) is 0 Å². The number of rotatable bonds is 1. The zero-order chi connectivity index (χ0) is 14.4. The predicted molar refractivity (Wildman–Crippen MR) is 91.9 cm³/mol. The second-order valence-corrected chi connectivity index (χ2v) is 6.97. The standard InChI is InChI=1S/C18H15FIN/c19-16-7-2-1-4-14(16)18-13-6-3-5-12(13)15-10-11(20)8-9-17(15)21-18/h1-5,7-10,12-13,18,21H,6H2/t12-,13+,18-/m0/s1. The molecule has 0 fully saturated rings. The number of fused-ring (bicyclic) bond motifs is 3. The monoisotopic (exact) mass is 391 g/mol. The first-order valence-corrected chi connectivity index (χ1v) is 8.29. The molecule has 0 unspecified atom stereocenters. The van der Waals surface area contributed by atoms with Crippen LogP contribution in [0.4, 0.5) is 10.1 Å². The molecular formula is C18H15FIN. The average molecular weight is 391 g/mol. The molecule has 21 heavy (non-hydrogen) atoms. The lowest BCUT2D eigenvalue weighted by molar-refractivity contribution is 0.413. The van der Waals surface area contributed by atoms with E-state index in [4.69, 9.17) is 0 Å². The van der Waals surface area contributed by atoms with E-state index in [-0.39, 0.29) is 11.9 Å². The molecule has 2 aromatic rings. The Morgan fingerprint density at radius 2 is 1.95 bits per heavy atom. The van der Waals surface area contributed by atoms with E-state index in [2.05, 4.69) is 58.3 Å². The van der Waals surface area contributed by atoms with E-state index in [0.29, 0.717) is 11.8 Å². The van der Waals surface area contributed by atoms with Crippen LogP contribution in [0.3, 0.4) is 0 Å². The minimum Gasteiger partial charge on any atom is -0.378 e. The molecular weight excluding hydrogens is 376 g/mol. The quantitative estimate of drug-likeness (QED) is 0.517. The highest BCUT2D eigenvalue weighted by Gasteiger charge is 2.38. The van der Waals surface area contributed by atoms with Crippen LogP contribution in [0.15, 0.2) is 54.6 Å². The molecule has 3 heteroatoms. The minimum atomic E-state index is -0.116. The van der Waals surface area contributed by atoms with Crippen LogP contribution in [0.2, 0.25) is 0 Å². The molecule has 0 spiro atoms. The number of allylic oxidation sites excluding steroid dienone is 2. The normalized spacial score (nSPS) is 26.1. The fourth-order valence-corrected chi connectivity index (χ4v) is 4.12. The van der Waals surface area contributed by atoms with Crippen molar-refractivity contribution < 1.29 is 4.39 Å². The molecule has 0 saturated heterocycles. The Labute approximate surface area is 137 Å². The number of benzene rings is 2. The molecule has 0 aromatic heterocycles. The first-order chi connectivity index (χ1) is 10.2. The van der Waals surface area contributed by atoms with Gasteiger partial charge >= 0.3 is 0 Å². The van der Waals surface area contributed by atoms with Crippen LogP contribution in [0.25, 0.3) is 0 Å². The Hall–Kier alpha value is -1.36. The number of nitrogens with one attached hydrogen (secondary N) is 1. The summed E-state index contributed by atoms with van der Waals surface area (Å²) in [6, 6.07) is 13.6. The summed E-state index contributed by atoms with van der Waals surface area (Å²) in [4.78, 5) is 0. The van der Waals surface area contributed by atoms with E-state index in [0.717, 1.165) is 17.7 Å². The Kier molecular flexibility index (Phi) is 3.25. The smallest absolute Gasteiger partial charge is 0.128 e. The molecule has 0 radical (unpaired) electrons. The van der Waals surface area contributed by atoms with Gasteiger partial charge in [0, 0.05) is 20.7 Å². The third-order valence-electron chi connectivity index (χ3n) is 4.57. The number of halogens is 2. The van der Waals surface area contributed by atoms with Gasteiger partial charge in [0.2, 0.25) is 0 Å². The van der Waals surface area contributed by atoms with Crippen molar-refractivity contribution in [2.24, 2.45) is 5.92 Å². The lowest BCUT2D eigenvalue weighted by atomic mass is 9.77. The van der Waals surface area contributed by atoms with Crippen molar-refractivity contribution in [1.29, 1.82) is 0 Å². The average Bonchev–Trinajstić information content (AvgIpc) is 2.97. The molecule has 106 valence electrons. The van der Waals surface area contributed by atoms with Crippen molar-refractivity contribution in [3.8, 4) is 0 Å². The summed E-state index contributed by atoms with van der Waals surface area (Å²) < 4.78 is 15.5. The maximum Gasteiger partial charge on any atom is 0.128 e. The summed E-state index contributed by atoms with van der Waals surface area (Å²) in [5.41, 5.74) is 3.25. The fraction of sp³-hybridized carbons (Fsp3) is 0.222. The van der Waals surface area contributed by atoms with Crippen LogP contribution in [-0.4, -0.2) is 0 Å². The lowest BCUT2D eigenvalue weighted by Crippen LogP contribution is -2.29. The van der Waals surface area contributed by atoms with Gasteiger partial charge in [0.25, 0.3) is 0 Å². The SMILES string of the molecule is Fc1ccccc1[C@H]1Nc2ccc(I)cc2[C@H]2C=CC[C@H]21. The maximum atomic E-state index is 14.2. The van der Waals surface area contributed by atoms with E-state index in [1.165, 1.54) is 9.13 Å². The molecule has 4 rings (SSSR count). The molecule has 1 aliphatic heterocycles. The molecule has 2 aromatic carbocycles. The summed E-state index contributed by atoms with van der Waals surface area (Å²) in [5.74, 6) is 0.669. The number of hydrogen-bond donors (Lipinski definition) is 1. The zero-order valence-electron chi connectivity index (χ0n) is 11.4. The van der Waals surface area contributed by atoms with E-state index in [1.54, 1.807) is 12.1 Å². The van der Waals surface area contributed by atoms with E-state index >= 15 is 0 Å². The second kappa shape index (κ2) is 5.13. The molecule has 0 amide bonds. The molecule has 0 saturated carbocycles. The molecule has 1 aliphatic carbocycles. The first-order valence-electron chi connectivity index (χ1n) is 7.21. The van der Waals surface area contributed by atoms with Gasteiger partial charge < -0.3 is 5.32 Å².